The lowest BCUT2D eigenvalue weighted by molar-refractivity contribution is -0.123. The van der Waals surface area contributed by atoms with Gasteiger partial charge in [0, 0.05) is 10.0 Å². The monoisotopic (exact) mass is 440 g/mol. The number of ether oxygens (including phenoxy) is 1. The van der Waals surface area contributed by atoms with Gasteiger partial charge in [-0.15, -0.1) is 0 Å². The lowest BCUT2D eigenvalue weighted by Crippen LogP contribution is -2.24. The number of aryl methyl sites for hydroxylation is 1. The van der Waals surface area contributed by atoms with E-state index >= 15 is 0 Å². The Morgan fingerprint density at radius 1 is 1.35 bits per heavy atom. The van der Waals surface area contributed by atoms with E-state index in [4.69, 9.17) is 4.74 Å². The van der Waals surface area contributed by atoms with Crippen LogP contribution in [0.2, 0.25) is 0 Å². The number of amides is 1. The molecule has 0 atom stereocenters. The number of carbonyl (C=O) groups excluding carboxylic acids is 1. The Morgan fingerprint density at radius 2 is 2.13 bits per heavy atom. The molecule has 2 aromatic carbocycles. The van der Waals surface area contributed by atoms with Crippen molar-refractivity contribution in [2.24, 2.45) is 5.10 Å². The van der Waals surface area contributed by atoms with Crippen LogP contribution in [-0.2, 0) is 4.79 Å². The number of benzene rings is 2. The summed E-state index contributed by atoms with van der Waals surface area (Å²) in [5, 5.41) is 13.7. The minimum Gasteiger partial charge on any atom is -0.506 e. The van der Waals surface area contributed by atoms with Gasteiger partial charge >= 0.3 is 0 Å². The topological polar surface area (TPSA) is 70.9 Å². The average Bonchev–Trinajstić information content (AvgIpc) is 2.50. The second-order valence-corrected chi connectivity index (χ2v) is 6.49. The van der Waals surface area contributed by atoms with Crippen LogP contribution in [0.4, 0.5) is 0 Å². The molecule has 7 heteroatoms. The summed E-state index contributed by atoms with van der Waals surface area (Å²) in [5.41, 5.74) is 3.86. The molecule has 0 spiro atoms. The van der Waals surface area contributed by atoms with Crippen LogP contribution in [0.25, 0.3) is 0 Å². The Labute approximate surface area is 150 Å². The molecular formula is C16H14Br2N2O3. The summed E-state index contributed by atoms with van der Waals surface area (Å²) in [5.74, 6) is 0.274. The molecule has 0 aromatic heterocycles. The molecule has 0 aliphatic rings. The van der Waals surface area contributed by atoms with Crippen LogP contribution in [-0.4, -0.2) is 23.8 Å². The predicted molar refractivity (Wildman–Crippen MR) is 95.9 cm³/mol. The van der Waals surface area contributed by atoms with E-state index in [-0.39, 0.29) is 12.4 Å². The van der Waals surface area contributed by atoms with Crippen LogP contribution in [0.5, 0.6) is 11.5 Å². The Kier molecular flexibility index (Phi) is 6.18. The molecule has 0 radical (unpaired) electrons. The molecule has 5 nitrogen and oxygen atoms in total. The van der Waals surface area contributed by atoms with E-state index < -0.39 is 5.91 Å². The van der Waals surface area contributed by atoms with Gasteiger partial charge in [0.2, 0.25) is 0 Å². The molecule has 0 bridgehead atoms. The fraction of sp³-hybridized carbons (Fsp3) is 0.125. The Morgan fingerprint density at radius 3 is 2.87 bits per heavy atom. The molecule has 0 aliphatic carbocycles. The zero-order chi connectivity index (χ0) is 16.8. The van der Waals surface area contributed by atoms with Crippen LogP contribution in [0.3, 0.4) is 0 Å². The number of nitrogens with zero attached hydrogens (tertiary/aromatic N) is 1. The quantitative estimate of drug-likeness (QED) is 0.548. The van der Waals surface area contributed by atoms with Gasteiger partial charge in [-0.05, 0) is 52.7 Å². The summed E-state index contributed by atoms with van der Waals surface area (Å²) in [6.07, 6.45) is 1.36. The number of hydrogen-bond acceptors (Lipinski definition) is 4. The van der Waals surface area contributed by atoms with Crippen LogP contribution in [0.15, 0.2) is 50.4 Å². The van der Waals surface area contributed by atoms with E-state index in [0.29, 0.717) is 15.8 Å². The Hall–Kier alpha value is -1.86. The molecule has 1 amide bonds. The second kappa shape index (κ2) is 8.12. The maximum atomic E-state index is 11.7. The fourth-order valence-electron chi connectivity index (χ4n) is 1.74. The van der Waals surface area contributed by atoms with Crippen molar-refractivity contribution in [3.63, 3.8) is 0 Å². The first-order chi connectivity index (χ1) is 11.0. The maximum absolute atomic E-state index is 11.7. The molecule has 120 valence electrons. The first kappa shape index (κ1) is 17.5. The first-order valence-electron chi connectivity index (χ1n) is 6.65. The number of phenolic OH excluding ortho intramolecular Hbond substituents is 1. The lowest BCUT2D eigenvalue weighted by atomic mass is 10.2. The minimum atomic E-state index is -0.392. The van der Waals surface area contributed by atoms with E-state index in [9.17, 15) is 9.90 Å². The molecule has 2 aromatic rings. The molecule has 0 aliphatic heterocycles. The highest BCUT2D eigenvalue weighted by atomic mass is 79.9. The van der Waals surface area contributed by atoms with E-state index in [1.807, 2.05) is 25.1 Å². The number of nitrogens with one attached hydrogen (secondary N) is 1. The zero-order valence-corrected chi connectivity index (χ0v) is 15.4. The van der Waals surface area contributed by atoms with E-state index in [0.717, 1.165) is 10.0 Å². The van der Waals surface area contributed by atoms with Crippen molar-refractivity contribution in [1.82, 2.24) is 5.43 Å². The van der Waals surface area contributed by atoms with Crippen molar-refractivity contribution in [3.05, 3.63) is 56.5 Å². The third kappa shape index (κ3) is 5.37. The third-order valence-corrected chi connectivity index (χ3v) is 3.87. The van der Waals surface area contributed by atoms with Gasteiger partial charge in [-0.2, -0.15) is 5.10 Å². The highest BCUT2D eigenvalue weighted by Gasteiger charge is 2.06. The van der Waals surface area contributed by atoms with Crippen molar-refractivity contribution < 1.29 is 14.6 Å². The van der Waals surface area contributed by atoms with Crippen molar-refractivity contribution in [2.75, 3.05) is 6.61 Å². The first-order valence-corrected chi connectivity index (χ1v) is 8.23. The standard InChI is InChI=1S/C16H14Br2N2O3/c1-10-3-2-4-13(5-10)23-9-15(21)20-19-8-11-6-12(17)7-14(18)16(11)22/h2-8,22H,9H2,1H3,(H,20,21)/b19-8+. The van der Waals surface area contributed by atoms with Gasteiger partial charge in [-0.1, -0.05) is 28.1 Å². The third-order valence-electron chi connectivity index (χ3n) is 2.81. The van der Waals surface area contributed by atoms with Gasteiger partial charge in [-0.25, -0.2) is 5.43 Å². The molecular weight excluding hydrogens is 428 g/mol. The van der Waals surface area contributed by atoms with Crippen molar-refractivity contribution >= 4 is 44.0 Å². The summed E-state index contributed by atoms with van der Waals surface area (Å²) in [6.45, 7) is 1.80. The summed E-state index contributed by atoms with van der Waals surface area (Å²) < 4.78 is 6.67. The van der Waals surface area contributed by atoms with E-state index in [1.54, 1.807) is 18.2 Å². The lowest BCUT2D eigenvalue weighted by Gasteiger charge is -2.06. The van der Waals surface area contributed by atoms with Crippen LogP contribution in [0, 0.1) is 6.92 Å². The highest BCUT2D eigenvalue weighted by molar-refractivity contribution is 9.11. The van der Waals surface area contributed by atoms with E-state index in [2.05, 4.69) is 42.4 Å². The van der Waals surface area contributed by atoms with Crippen LogP contribution < -0.4 is 10.2 Å². The van der Waals surface area contributed by atoms with Crippen molar-refractivity contribution in [2.45, 2.75) is 6.92 Å². The average molecular weight is 442 g/mol. The minimum absolute atomic E-state index is 0.0437. The predicted octanol–water partition coefficient (Wildman–Crippen LogP) is 3.75. The molecule has 0 fully saturated rings. The maximum Gasteiger partial charge on any atom is 0.277 e. The smallest absolute Gasteiger partial charge is 0.277 e. The SMILES string of the molecule is Cc1cccc(OCC(=O)N/N=C/c2cc(Br)cc(Br)c2O)c1. The van der Waals surface area contributed by atoms with Crippen molar-refractivity contribution in [1.29, 1.82) is 0 Å². The Balaban J connectivity index is 1.89. The summed E-state index contributed by atoms with van der Waals surface area (Å²) >= 11 is 6.54. The van der Waals surface area contributed by atoms with Crippen LogP contribution in [0.1, 0.15) is 11.1 Å². The fourth-order valence-corrected chi connectivity index (χ4v) is 3.00. The van der Waals surface area contributed by atoms with Gasteiger partial charge in [0.05, 0.1) is 10.7 Å². The number of hydrogen-bond donors (Lipinski definition) is 2. The number of halogens is 2. The molecule has 0 unspecified atom stereocenters. The Bertz CT molecular complexity index is 748. The number of phenols is 1. The second-order valence-electron chi connectivity index (χ2n) is 4.72. The molecule has 0 saturated carbocycles. The number of hydrazone groups is 1. The summed E-state index contributed by atoms with van der Waals surface area (Å²) in [4.78, 5) is 11.7. The normalized spacial score (nSPS) is 10.7. The molecule has 2 N–H and O–H groups in total. The van der Waals surface area contributed by atoms with Gasteiger partial charge in [0.25, 0.3) is 5.91 Å². The summed E-state index contributed by atoms with van der Waals surface area (Å²) in [6, 6.07) is 10.8. The number of aromatic hydroxyl groups is 1. The molecule has 0 heterocycles. The van der Waals surface area contributed by atoms with E-state index in [1.165, 1.54) is 6.21 Å². The number of rotatable bonds is 5. The number of carbonyl (C=O) groups is 1. The highest BCUT2D eigenvalue weighted by Crippen LogP contribution is 2.30. The van der Waals surface area contributed by atoms with Gasteiger partial charge < -0.3 is 9.84 Å². The molecule has 23 heavy (non-hydrogen) atoms. The van der Waals surface area contributed by atoms with Gasteiger partial charge in [0.15, 0.2) is 6.61 Å². The van der Waals surface area contributed by atoms with Gasteiger partial charge in [0.1, 0.15) is 11.5 Å². The molecule has 0 saturated heterocycles. The molecule has 2 rings (SSSR count). The van der Waals surface area contributed by atoms with Crippen LogP contribution >= 0.6 is 31.9 Å². The largest absolute Gasteiger partial charge is 0.506 e. The van der Waals surface area contributed by atoms with Crippen molar-refractivity contribution in [3.8, 4) is 11.5 Å². The summed E-state index contributed by atoms with van der Waals surface area (Å²) in [7, 11) is 0. The van der Waals surface area contributed by atoms with Gasteiger partial charge in [-0.3, -0.25) is 4.79 Å². The zero-order valence-electron chi connectivity index (χ0n) is 12.2.